The number of hydrogen-bond donors (Lipinski definition) is 1. The minimum Gasteiger partial charge on any atom is -0.375 e. The van der Waals surface area contributed by atoms with Gasteiger partial charge in [-0.2, -0.15) is 4.31 Å². The van der Waals surface area contributed by atoms with E-state index < -0.39 is 14.9 Å². The first-order chi connectivity index (χ1) is 12.8. The van der Waals surface area contributed by atoms with Crippen LogP contribution in [0.5, 0.6) is 0 Å². The number of nitrogens with one attached hydrogen (secondary N) is 1. The molecule has 1 fully saturated rings. The molecule has 1 N–H and O–H groups in total. The van der Waals surface area contributed by atoms with Gasteiger partial charge in [0, 0.05) is 30.6 Å². The van der Waals surface area contributed by atoms with Gasteiger partial charge >= 0.3 is 0 Å². The molecule has 3 rings (SSSR count). The molecule has 146 valence electrons. The number of piperidine rings is 1. The van der Waals surface area contributed by atoms with Crippen molar-refractivity contribution in [3.63, 3.8) is 0 Å². The van der Waals surface area contributed by atoms with E-state index in [1.54, 1.807) is 11.3 Å². The second-order valence-corrected chi connectivity index (χ2v) is 10.1. The number of anilines is 1. The van der Waals surface area contributed by atoms with Crippen molar-refractivity contribution < 1.29 is 13.3 Å². The first-order valence-corrected chi connectivity index (χ1v) is 11.1. The third-order valence-electron chi connectivity index (χ3n) is 4.67. The van der Waals surface area contributed by atoms with Gasteiger partial charge in [0.15, 0.2) is 0 Å². The molecule has 2 aromatic rings. The van der Waals surface area contributed by atoms with Crippen molar-refractivity contribution in [1.29, 1.82) is 0 Å². The van der Waals surface area contributed by atoms with Gasteiger partial charge in [0.25, 0.3) is 5.69 Å². The number of thiophene rings is 1. The summed E-state index contributed by atoms with van der Waals surface area (Å²) in [6.45, 7) is 5.39. The van der Waals surface area contributed by atoms with Gasteiger partial charge in [-0.15, -0.1) is 11.3 Å². The fraction of sp³-hybridized carbons (Fsp3) is 0.444. The first-order valence-electron chi connectivity index (χ1n) is 8.82. The second-order valence-electron chi connectivity index (χ2n) is 7.14. The number of nitro benzene ring substituents is 1. The van der Waals surface area contributed by atoms with Crippen LogP contribution in [-0.2, 0) is 16.6 Å². The van der Waals surface area contributed by atoms with Gasteiger partial charge in [0.1, 0.15) is 5.69 Å². The molecular weight excluding hydrogens is 386 g/mol. The van der Waals surface area contributed by atoms with E-state index >= 15 is 0 Å². The molecule has 0 amide bonds. The van der Waals surface area contributed by atoms with Crippen molar-refractivity contribution in [3.8, 4) is 0 Å². The molecule has 0 bridgehead atoms. The van der Waals surface area contributed by atoms with Crippen molar-refractivity contribution in [2.75, 3.05) is 18.4 Å². The molecule has 2 heterocycles. The van der Waals surface area contributed by atoms with Crippen LogP contribution in [0.25, 0.3) is 0 Å². The average Bonchev–Trinajstić information content (AvgIpc) is 3.12. The smallest absolute Gasteiger partial charge is 0.293 e. The van der Waals surface area contributed by atoms with Crippen molar-refractivity contribution in [1.82, 2.24) is 4.31 Å². The topological polar surface area (TPSA) is 92.6 Å². The molecule has 1 saturated heterocycles. The molecule has 1 aromatic heterocycles. The molecule has 2 atom stereocenters. The average molecular weight is 410 g/mol. The third kappa shape index (κ3) is 4.48. The van der Waals surface area contributed by atoms with Crippen LogP contribution in [0.3, 0.4) is 0 Å². The Kier molecular flexibility index (Phi) is 5.83. The Balaban J connectivity index is 1.87. The number of nitro groups is 1. The van der Waals surface area contributed by atoms with Crippen LogP contribution in [0.4, 0.5) is 11.4 Å². The van der Waals surface area contributed by atoms with Gasteiger partial charge in [-0.1, -0.05) is 19.9 Å². The number of hydrogen-bond acceptors (Lipinski definition) is 6. The zero-order valence-corrected chi connectivity index (χ0v) is 16.9. The highest BCUT2D eigenvalue weighted by atomic mass is 32.2. The summed E-state index contributed by atoms with van der Waals surface area (Å²) in [4.78, 5) is 12.0. The molecule has 1 aliphatic heterocycles. The number of sulfonamides is 1. The van der Waals surface area contributed by atoms with Crippen molar-refractivity contribution >= 4 is 32.7 Å². The predicted octanol–water partition coefficient (Wildman–Crippen LogP) is 3.94. The van der Waals surface area contributed by atoms with Crippen LogP contribution in [0, 0.1) is 22.0 Å². The summed E-state index contributed by atoms with van der Waals surface area (Å²) < 4.78 is 27.4. The van der Waals surface area contributed by atoms with Crippen LogP contribution in [-0.4, -0.2) is 30.7 Å². The van der Waals surface area contributed by atoms with Crippen LogP contribution in [0.1, 0.15) is 25.1 Å². The lowest BCUT2D eigenvalue weighted by Crippen LogP contribution is -2.42. The maximum absolute atomic E-state index is 13.0. The zero-order chi connectivity index (χ0) is 19.6. The largest absolute Gasteiger partial charge is 0.375 e. The molecule has 27 heavy (non-hydrogen) atoms. The van der Waals surface area contributed by atoms with Gasteiger partial charge in [-0.25, -0.2) is 8.42 Å². The molecule has 1 aliphatic rings. The van der Waals surface area contributed by atoms with E-state index in [1.807, 2.05) is 31.4 Å². The Labute approximate surface area is 163 Å². The fourth-order valence-corrected chi connectivity index (χ4v) is 5.86. The summed E-state index contributed by atoms with van der Waals surface area (Å²) in [5.41, 5.74) is 0.0819. The SMILES string of the molecule is C[C@@H]1C[C@@H](C)CN(S(=O)(=O)c2ccc(NCc3cccs3)c([N+](=O)[O-])c2)C1. The van der Waals surface area contributed by atoms with Gasteiger partial charge in [-0.3, -0.25) is 10.1 Å². The standard InChI is InChI=1S/C18H23N3O4S2/c1-13-8-14(2)12-20(11-13)27(24,25)16-5-6-17(18(9-16)21(22)23)19-10-15-4-3-7-26-15/h3-7,9,13-14,19H,8,10-12H2,1-2H3/t13-,14-/m1/s1. The summed E-state index contributed by atoms with van der Waals surface area (Å²) in [6.07, 6.45) is 0.984. The Morgan fingerprint density at radius 3 is 2.56 bits per heavy atom. The minimum atomic E-state index is -3.76. The lowest BCUT2D eigenvalue weighted by molar-refractivity contribution is -0.384. The van der Waals surface area contributed by atoms with Crippen molar-refractivity contribution in [2.45, 2.75) is 31.7 Å². The van der Waals surface area contributed by atoms with E-state index in [0.29, 0.717) is 25.3 Å². The normalized spacial score (nSPS) is 21.1. The van der Waals surface area contributed by atoms with Crippen LogP contribution in [0.15, 0.2) is 40.6 Å². The summed E-state index contributed by atoms with van der Waals surface area (Å²) >= 11 is 1.55. The number of nitrogens with zero attached hydrogens (tertiary/aromatic N) is 2. The molecule has 7 nitrogen and oxygen atoms in total. The summed E-state index contributed by atoms with van der Waals surface area (Å²) in [5, 5.41) is 16.5. The van der Waals surface area contributed by atoms with E-state index in [-0.39, 0.29) is 22.4 Å². The van der Waals surface area contributed by atoms with Gasteiger partial charge in [-0.05, 0) is 41.8 Å². The van der Waals surface area contributed by atoms with Crippen LogP contribution >= 0.6 is 11.3 Å². The van der Waals surface area contributed by atoms with Gasteiger partial charge < -0.3 is 5.32 Å². The Bertz CT molecular complexity index is 903. The Hall–Kier alpha value is -1.97. The Morgan fingerprint density at radius 2 is 1.96 bits per heavy atom. The minimum absolute atomic E-state index is 0.0304. The van der Waals surface area contributed by atoms with Crippen LogP contribution in [0.2, 0.25) is 0 Å². The van der Waals surface area contributed by atoms with E-state index in [9.17, 15) is 18.5 Å². The van der Waals surface area contributed by atoms with Gasteiger partial charge in [0.05, 0.1) is 9.82 Å². The molecule has 0 spiro atoms. The van der Waals surface area contributed by atoms with Crippen molar-refractivity contribution in [2.24, 2.45) is 11.8 Å². The van der Waals surface area contributed by atoms with Crippen molar-refractivity contribution in [3.05, 3.63) is 50.7 Å². The Morgan fingerprint density at radius 1 is 1.26 bits per heavy atom. The molecule has 9 heteroatoms. The lowest BCUT2D eigenvalue weighted by atomic mass is 9.94. The number of rotatable bonds is 6. The fourth-order valence-electron chi connectivity index (χ4n) is 3.52. The lowest BCUT2D eigenvalue weighted by Gasteiger charge is -2.34. The molecular formula is C18H23N3O4S2. The summed E-state index contributed by atoms with van der Waals surface area (Å²) in [6, 6.07) is 7.93. The van der Waals surface area contributed by atoms with Crippen LogP contribution < -0.4 is 5.32 Å². The number of benzene rings is 1. The monoisotopic (exact) mass is 409 g/mol. The van der Waals surface area contributed by atoms with E-state index in [4.69, 9.17) is 0 Å². The highest BCUT2D eigenvalue weighted by molar-refractivity contribution is 7.89. The predicted molar refractivity (Wildman–Crippen MR) is 106 cm³/mol. The quantitative estimate of drug-likeness (QED) is 0.576. The highest BCUT2D eigenvalue weighted by Gasteiger charge is 2.33. The highest BCUT2D eigenvalue weighted by Crippen LogP contribution is 2.32. The maximum Gasteiger partial charge on any atom is 0.293 e. The molecule has 0 radical (unpaired) electrons. The van der Waals surface area contributed by atoms with Gasteiger partial charge in [0.2, 0.25) is 10.0 Å². The molecule has 0 saturated carbocycles. The zero-order valence-electron chi connectivity index (χ0n) is 15.3. The molecule has 0 aliphatic carbocycles. The van der Waals surface area contributed by atoms with E-state index in [1.165, 1.54) is 16.4 Å². The maximum atomic E-state index is 13.0. The van der Waals surface area contributed by atoms with E-state index in [0.717, 1.165) is 17.4 Å². The molecule has 1 aromatic carbocycles. The summed E-state index contributed by atoms with van der Waals surface area (Å²) in [5.74, 6) is 0.537. The first kappa shape index (κ1) is 19.8. The summed E-state index contributed by atoms with van der Waals surface area (Å²) in [7, 11) is -3.76. The van der Waals surface area contributed by atoms with E-state index in [2.05, 4.69) is 5.32 Å². The molecule has 0 unspecified atom stereocenters. The second kappa shape index (κ2) is 7.95. The third-order valence-corrected chi connectivity index (χ3v) is 7.38.